The zero-order valence-electron chi connectivity index (χ0n) is 15.6. The summed E-state index contributed by atoms with van der Waals surface area (Å²) in [4.78, 5) is 29.0. The quantitative estimate of drug-likeness (QED) is 0.435. The number of fused-ring (bicyclic) bond motifs is 1. The molecule has 1 aromatic carbocycles. The van der Waals surface area contributed by atoms with Crippen LogP contribution in [0.4, 0.5) is 4.79 Å². The van der Waals surface area contributed by atoms with E-state index < -0.39 is 0 Å². The Morgan fingerprint density at radius 2 is 2.04 bits per heavy atom. The van der Waals surface area contributed by atoms with Crippen LogP contribution in [-0.4, -0.2) is 58.4 Å². The Bertz CT molecular complexity index is 882. The fourth-order valence-electron chi connectivity index (χ4n) is 3.28. The van der Waals surface area contributed by atoms with E-state index in [1.165, 1.54) is 4.90 Å². The van der Waals surface area contributed by atoms with Crippen molar-refractivity contribution < 1.29 is 19.1 Å². The van der Waals surface area contributed by atoms with Crippen molar-refractivity contribution in [2.75, 3.05) is 32.1 Å². The van der Waals surface area contributed by atoms with Crippen molar-refractivity contribution in [2.45, 2.75) is 25.0 Å². The van der Waals surface area contributed by atoms with Gasteiger partial charge in [0.05, 0.1) is 18.4 Å². The maximum absolute atomic E-state index is 11.6. The topological polar surface area (TPSA) is 85.7 Å². The molecular weight excluding hydrogens is 380 g/mol. The van der Waals surface area contributed by atoms with Crippen molar-refractivity contribution in [3.05, 3.63) is 24.4 Å². The average Bonchev–Trinajstić information content (AvgIpc) is 3.28. The maximum Gasteiger partial charge on any atom is 0.324 e. The zero-order chi connectivity index (χ0) is 19.5. The number of imidazole rings is 1. The first-order valence-electron chi connectivity index (χ1n) is 9.34. The number of carbonyl (C=O) groups is 2. The molecule has 8 nitrogen and oxygen atoms in total. The third kappa shape index (κ3) is 3.66. The van der Waals surface area contributed by atoms with Crippen molar-refractivity contribution in [1.29, 1.82) is 0 Å². The SMILES string of the molecule is CCn1c(-c2ccc3c(c2)OCCO3)cnc1SCCCN1C(=O)CNC1=O. The van der Waals surface area contributed by atoms with Gasteiger partial charge in [-0.15, -0.1) is 0 Å². The Balaban J connectivity index is 1.41. The highest BCUT2D eigenvalue weighted by atomic mass is 32.2. The van der Waals surface area contributed by atoms with E-state index in [9.17, 15) is 9.59 Å². The van der Waals surface area contributed by atoms with Crippen LogP contribution in [0.25, 0.3) is 11.3 Å². The number of hydrogen-bond acceptors (Lipinski definition) is 6. The summed E-state index contributed by atoms with van der Waals surface area (Å²) >= 11 is 1.63. The molecule has 0 atom stereocenters. The van der Waals surface area contributed by atoms with E-state index in [0.29, 0.717) is 19.8 Å². The zero-order valence-corrected chi connectivity index (χ0v) is 16.5. The van der Waals surface area contributed by atoms with Gasteiger partial charge in [-0.2, -0.15) is 0 Å². The predicted octanol–water partition coefficient (Wildman–Crippen LogP) is 2.38. The Kier molecular flexibility index (Phi) is 5.43. The molecule has 2 aliphatic rings. The lowest BCUT2D eigenvalue weighted by molar-refractivity contribution is -0.124. The number of benzene rings is 1. The van der Waals surface area contributed by atoms with Gasteiger partial charge in [-0.3, -0.25) is 9.69 Å². The van der Waals surface area contributed by atoms with Crippen LogP contribution < -0.4 is 14.8 Å². The molecule has 1 aromatic heterocycles. The summed E-state index contributed by atoms with van der Waals surface area (Å²) in [5, 5.41) is 3.46. The number of imide groups is 1. The Hall–Kier alpha value is -2.68. The number of urea groups is 1. The number of amides is 3. The van der Waals surface area contributed by atoms with Gasteiger partial charge in [-0.25, -0.2) is 9.78 Å². The molecule has 3 amide bonds. The molecule has 0 unspecified atom stereocenters. The molecule has 148 valence electrons. The predicted molar refractivity (Wildman–Crippen MR) is 105 cm³/mol. The molecule has 4 rings (SSSR count). The molecule has 9 heteroatoms. The van der Waals surface area contributed by atoms with Gasteiger partial charge in [0.15, 0.2) is 16.7 Å². The number of hydrogen-bond donors (Lipinski definition) is 1. The van der Waals surface area contributed by atoms with Crippen molar-refractivity contribution in [3.63, 3.8) is 0 Å². The molecule has 0 bridgehead atoms. The molecule has 2 aliphatic heterocycles. The van der Waals surface area contributed by atoms with Crippen molar-refractivity contribution >= 4 is 23.7 Å². The number of nitrogens with zero attached hydrogens (tertiary/aromatic N) is 3. The molecule has 1 fully saturated rings. The molecule has 28 heavy (non-hydrogen) atoms. The number of aromatic nitrogens is 2. The monoisotopic (exact) mass is 402 g/mol. The molecule has 2 aromatic rings. The number of ether oxygens (including phenoxy) is 2. The highest BCUT2D eigenvalue weighted by Gasteiger charge is 2.27. The van der Waals surface area contributed by atoms with Crippen LogP contribution in [0.2, 0.25) is 0 Å². The Labute approximate surface area is 167 Å². The summed E-state index contributed by atoms with van der Waals surface area (Å²) in [5.41, 5.74) is 2.06. The van der Waals surface area contributed by atoms with Crippen LogP contribution in [0.1, 0.15) is 13.3 Å². The van der Waals surface area contributed by atoms with E-state index in [1.54, 1.807) is 11.8 Å². The number of thioether (sulfide) groups is 1. The van der Waals surface area contributed by atoms with Crippen molar-refractivity contribution in [2.24, 2.45) is 0 Å². The van der Waals surface area contributed by atoms with Crippen LogP contribution in [0.5, 0.6) is 11.5 Å². The first kappa shape index (κ1) is 18.7. The third-order valence-electron chi connectivity index (χ3n) is 4.67. The van der Waals surface area contributed by atoms with Gasteiger partial charge in [0.1, 0.15) is 13.2 Å². The lowest BCUT2D eigenvalue weighted by Crippen LogP contribution is -2.32. The van der Waals surface area contributed by atoms with Gasteiger partial charge in [0.25, 0.3) is 0 Å². The van der Waals surface area contributed by atoms with Gasteiger partial charge in [-0.05, 0) is 31.5 Å². The summed E-state index contributed by atoms with van der Waals surface area (Å²) in [6.45, 7) is 4.54. The molecule has 0 aliphatic carbocycles. The fourth-order valence-corrected chi connectivity index (χ4v) is 4.25. The molecule has 0 radical (unpaired) electrons. The first-order chi connectivity index (χ1) is 13.7. The molecule has 0 saturated carbocycles. The second kappa shape index (κ2) is 8.14. The summed E-state index contributed by atoms with van der Waals surface area (Å²) < 4.78 is 13.4. The van der Waals surface area contributed by atoms with Crippen LogP contribution >= 0.6 is 11.8 Å². The standard InChI is InChI=1S/C19H22N4O4S/c1-2-22-14(13-4-5-15-16(10-13)27-8-7-26-15)11-21-19(22)28-9-3-6-23-17(24)12-20-18(23)25/h4-5,10-11H,2-3,6-9,12H2,1H3,(H,20,25). The van der Waals surface area contributed by atoms with E-state index in [4.69, 9.17) is 9.47 Å². The fraction of sp³-hybridized carbons (Fsp3) is 0.421. The largest absolute Gasteiger partial charge is 0.486 e. The lowest BCUT2D eigenvalue weighted by atomic mass is 10.1. The van der Waals surface area contributed by atoms with Gasteiger partial charge < -0.3 is 19.4 Å². The van der Waals surface area contributed by atoms with Crippen molar-refractivity contribution in [1.82, 2.24) is 19.8 Å². The maximum atomic E-state index is 11.6. The smallest absolute Gasteiger partial charge is 0.324 e. The van der Waals surface area contributed by atoms with E-state index in [2.05, 4.69) is 21.8 Å². The third-order valence-corrected chi connectivity index (χ3v) is 5.74. The minimum Gasteiger partial charge on any atom is -0.486 e. The average molecular weight is 402 g/mol. The van der Waals surface area contributed by atoms with E-state index in [1.807, 2.05) is 24.4 Å². The second-order valence-electron chi connectivity index (χ2n) is 6.43. The van der Waals surface area contributed by atoms with Gasteiger partial charge in [0, 0.05) is 24.4 Å². The van der Waals surface area contributed by atoms with Crippen LogP contribution in [-0.2, 0) is 11.3 Å². The summed E-state index contributed by atoms with van der Waals surface area (Å²) in [5.74, 6) is 2.14. The minimum absolute atomic E-state index is 0.102. The number of carbonyl (C=O) groups excluding carboxylic acids is 2. The summed E-state index contributed by atoms with van der Waals surface area (Å²) in [7, 11) is 0. The number of rotatable bonds is 7. The summed E-state index contributed by atoms with van der Waals surface area (Å²) in [6.07, 6.45) is 2.59. The molecule has 1 N–H and O–H groups in total. The van der Waals surface area contributed by atoms with E-state index >= 15 is 0 Å². The van der Waals surface area contributed by atoms with Gasteiger partial charge >= 0.3 is 6.03 Å². The minimum atomic E-state index is -0.300. The lowest BCUT2D eigenvalue weighted by Gasteiger charge is -2.19. The normalized spacial score (nSPS) is 15.8. The summed E-state index contributed by atoms with van der Waals surface area (Å²) in [6, 6.07) is 5.64. The highest BCUT2D eigenvalue weighted by Crippen LogP contribution is 2.35. The highest BCUT2D eigenvalue weighted by molar-refractivity contribution is 7.99. The van der Waals surface area contributed by atoms with Crippen molar-refractivity contribution in [3.8, 4) is 22.8 Å². The molecular formula is C19H22N4O4S. The Morgan fingerprint density at radius 3 is 2.79 bits per heavy atom. The second-order valence-corrected chi connectivity index (χ2v) is 7.50. The Morgan fingerprint density at radius 1 is 1.21 bits per heavy atom. The molecule has 1 saturated heterocycles. The van der Waals surface area contributed by atoms with Crippen LogP contribution in [0.15, 0.2) is 29.6 Å². The van der Waals surface area contributed by atoms with Crippen LogP contribution in [0.3, 0.4) is 0 Å². The molecule has 3 heterocycles. The van der Waals surface area contributed by atoms with E-state index in [-0.39, 0.29) is 18.5 Å². The molecule has 0 spiro atoms. The van der Waals surface area contributed by atoms with Gasteiger partial charge in [-0.1, -0.05) is 11.8 Å². The van der Waals surface area contributed by atoms with Gasteiger partial charge in [0.2, 0.25) is 5.91 Å². The van der Waals surface area contributed by atoms with Crippen LogP contribution in [0, 0.1) is 0 Å². The number of nitrogens with one attached hydrogen (secondary N) is 1. The first-order valence-corrected chi connectivity index (χ1v) is 10.3. The van der Waals surface area contributed by atoms with E-state index in [0.717, 1.165) is 46.6 Å².